The highest BCUT2D eigenvalue weighted by atomic mass is 32.2. The Morgan fingerprint density at radius 1 is 1.00 bits per heavy atom. The lowest BCUT2D eigenvalue weighted by Gasteiger charge is -1.93. The Labute approximate surface area is 86.0 Å². The third kappa shape index (κ3) is 2.09. The summed E-state index contributed by atoms with van der Waals surface area (Å²) in [6.45, 7) is 0. The first-order chi connectivity index (χ1) is 6.86. The van der Waals surface area contributed by atoms with Crippen molar-refractivity contribution in [1.29, 1.82) is 0 Å². The normalized spacial score (nSPS) is 10.0. The van der Waals surface area contributed by atoms with Crippen molar-refractivity contribution in [3.63, 3.8) is 0 Å². The number of carbonyl (C=O) groups is 1. The molecule has 0 saturated carbocycles. The third-order valence-corrected chi connectivity index (χ3v) is 3.62. The van der Waals surface area contributed by atoms with Crippen LogP contribution in [0.25, 0.3) is 0 Å². The van der Waals surface area contributed by atoms with Gasteiger partial charge in [0.1, 0.15) is 10.8 Å². The van der Waals surface area contributed by atoms with Gasteiger partial charge in [-0.2, -0.15) is 0 Å². The lowest BCUT2D eigenvalue weighted by atomic mass is 10.2. The van der Waals surface area contributed by atoms with E-state index in [9.17, 15) is 4.79 Å². The van der Waals surface area contributed by atoms with Crippen molar-refractivity contribution in [3.8, 4) is 0 Å². The summed E-state index contributed by atoms with van der Waals surface area (Å²) >= 11 is 0. The van der Waals surface area contributed by atoms with Crippen LogP contribution in [0.4, 0.5) is 0 Å². The zero-order valence-electron chi connectivity index (χ0n) is 7.72. The minimum Gasteiger partial charge on any atom is -0.288 e. The van der Waals surface area contributed by atoms with E-state index in [2.05, 4.69) is 10.8 Å². The molecular weight excluding hydrogens is 192 g/mol. The van der Waals surface area contributed by atoms with Gasteiger partial charge in [-0.05, 0) is 22.6 Å². The topological polar surface area (TPSA) is 17.1 Å². The van der Waals surface area contributed by atoms with E-state index in [1.54, 1.807) is 0 Å². The minimum absolute atomic E-state index is 0.0315. The molecule has 2 aromatic rings. The third-order valence-electron chi connectivity index (χ3n) is 2.01. The van der Waals surface area contributed by atoms with E-state index in [4.69, 9.17) is 0 Å². The SMILES string of the molecule is O=C(C[s+]1cccc1)c1ccccc1. The van der Waals surface area contributed by atoms with Crippen molar-refractivity contribution in [2.45, 2.75) is 5.75 Å². The number of thiophene rings is 1. The number of hydrogen-bond donors (Lipinski definition) is 0. The van der Waals surface area contributed by atoms with Crippen LogP contribution in [0.5, 0.6) is 0 Å². The van der Waals surface area contributed by atoms with Crippen molar-refractivity contribution >= 4 is 16.3 Å². The Morgan fingerprint density at radius 2 is 1.64 bits per heavy atom. The molecule has 14 heavy (non-hydrogen) atoms. The van der Waals surface area contributed by atoms with Gasteiger partial charge in [0, 0.05) is 5.56 Å². The molecule has 70 valence electrons. The van der Waals surface area contributed by atoms with Crippen LogP contribution in [0.15, 0.2) is 53.2 Å². The fourth-order valence-electron chi connectivity index (χ4n) is 1.29. The van der Waals surface area contributed by atoms with Crippen LogP contribution in [-0.2, 0) is 5.75 Å². The van der Waals surface area contributed by atoms with Gasteiger partial charge in [-0.15, -0.1) is 0 Å². The quantitative estimate of drug-likeness (QED) is 0.552. The van der Waals surface area contributed by atoms with Crippen LogP contribution in [0.3, 0.4) is 0 Å². The van der Waals surface area contributed by atoms with Gasteiger partial charge in [-0.3, -0.25) is 4.79 Å². The lowest BCUT2D eigenvalue weighted by molar-refractivity contribution is 0.100. The maximum absolute atomic E-state index is 11.7. The molecule has 0 amide bonds. The second-order valence-electron chi connectivity index (χ2n) is 3.06. The molecule has 1 heterocycles. The largest absolute Gasteiger partial charge is 0.288 e. The molecule has 2 heteroatoms. The summed E-state index contributed by atoms with van der Waals surface area (Å²) in [4.78, 5) is 11.7. The van der Waals surface area contributed by atoms with Gasteiger partial charge in [0.15, 0.2) is 5.75 Å². The average Bonchev–Trinajstić information content (AvgIpc) is 2.72. The molecule has 1 aromatic heterocycles. The highest BCUT2D eigenvalue weighted by Crippen LogP contribution is 2.19. The molecule has 0 N–H and O–H groups in total. The van der Waals surface area contributed by atoms with E-state index in [1.165, 1.54) is 0 Å². The maximum atomic E-state index is 11.7. The number of carbonyl (C=O) groups excluding carboxylic acids is 1. The molecule has 0 fully saturated rings. The van der Waals surface area contributed by atoms with Gasteiger partial charge in [-0.1, -0.05) is 30.3 Å². The van der Waals surface area contributed by atoms with E-state index in [0.717, 1.165) is 5.56 Å². The Hall–Kier alpha value is -1.41. The second kappa shape index (κ2) is 4.20. The lowest BCUT2D eigenvalue weighted by Crippen LogP contribution is -1.98. The van der Waals surface area contributed by atoms with Crippen LogP contribution in [0.1, 0.15) is 10.4 Å². The van der Waals surface area contributed by atoms with Gasteiger partial charge in [0.05, 0.1) is 0 Å². The maximum Gasteiger partial charge on any atom is 0.216 e. The first-order valence-electron chi connectivity index (χ1n) is 4.48. The molecule has 0 aliphatic heterocycles. The molecule has 0 aliphatic rings. The molecular formula is C12H11OS+. The molecule has 1 aromatic carbocycles. The highest BCUT2D eigenvalue weighted by molar-refractivity contribution is 7.28. The van der Waals surface area contributed by atoms with Gasteiger partial charge < -0.3 is 0 Å². The smallest absolute Gasteiger partial charge is 0.216 e. The van der Waals surface area contributed by atoms with Crippen LogP contribution in [0.2, 0.25) is 0 Å². The van der Waals surface area contributed by atoms with Crippen molar-refractivity contribution in [1.82, 2.24) is 0 Å². The summed E-state index contributed by atoms with van der Waals surface area (Å²) < 4.78 is 0. The van der Waals surface area contributed by atoms with Crippen molar-refractivity contribution in [2.24, 2.45) is 0 Å². The van der Waals surface area contributed by atoms with Gasteiger partial charge in [-0.25, -0.2) is 0 Å². The van der Waals surface area contributed by atoms with Crippen LogP contribution in [0, 0.1) is 0 Å². The number of hydrogen-bond acceptors (Lipinski definition) is 1. The second-order valence-corrected chi connectivity index (χ2v) is 4.83. The molecule has 0 atom stereocenters. The van der Waals surface area contributed by atoms with Crippen LogP contribution < -0.4 is 0 Å². The van der Waals surface area contributed by atoms with E-state index in [-0.39, 0.29) is 16.3 Å². The highest BCUT2D eigenvalue weighted by Gasteiger charge is 2.11. The van der Waals surface area contributed by atoms with E-state index >= 15 is 0 Å². The summed E-state index contributed by atoms with van der Waals surface area (Å²) in [5.41, 5.74) is 0.814. The predicted molar refractivity (Wildman–Crippen MR) is 59.7 cm³/mol. The number of benzene rings is 1. The van der Waals surface area contributed by atoms with Gasteiger partial charge in [0.2, 0.25) is 5.78 Å². The number of Topliss-reactive ketones (excluding diaryl/α,β-unsaturated/α-hetero) is 1. The minimum atomic E-state index is 0.0315. The van der Waals surface area contributed by atoms with Gasteiger partial charge in [0.25, 0.3) is 0 Å². The summed E-state index contributed by atoms with van der Waals surface area (Å²) in [5.74, 6) is 0.835. The first kappa shape index (κ1) is 9.16. The monoisotopic (exact) mass is 203 g/mol. The Bertz CT molecular complexity index is 403. The zero-order valence-corrected chi connectivity index (χ0v) is 8.54. The van der Waals surface area contributed by atoms with E-state index in [0.29, 0.717) is 5.75 Å². The molecule has 0 aliphatic carbocycles. The van der Waals surface area contributed by atoms with Crippen LogP contribution >= 0.6 is 10.5 Å². The Kier molecular flexibility index (Phi) is 2.75. The van der Waals surface area contributed by atoms with Crippen molar-refractivity contribution < 1.29 is 4.79 Å². The van der Waals surface area contributed by atoms with E-state index in [1.807, 2.05) is 42.5 Å². The van der Waals surface area contributed by atoms with Crippen molar-refractivity contribution in [3.05, 3.63) is 58.8 Å². The van der Waals surface area contributed by atoms with Crippen molar-refractivity contribution in [2.75, 3.05) is 0 Å². The first-order valence-corrected chi connectivity index (χ1v) is 6.00. The number of ketones is 1. The fourth-order valence-corrected chi connectivity index (χ4v) is 2.63. The summed E-state index contributed by atoms with van der Waals surface area (Å²) in [7, 11) is 0.0315. The van der Waals surface area contributed by atoms with E-state index < -0.39 is 0 Å². The predicted octanol–water partition coefficient (Wildman–Crippen LogP) is 3.32. The number of rotatable bonds is 3. The summed E-state index contributed by atoms with van der Waals surface area (Å²) in [6, 6.07) is 13.5. The summed E-state index contributed by atoms with van der Waals surface area (Å²) in [5, 5.41) is 4.17. The van der Waals surface area contributed by atoms with Crippen LogP contribution in [-0.4, -0.2) is 5.78 Å². The molecule has 2 rings (SSSR count). The average molecular weight is 203 g/mol. The Morgan fingerprint density at radius 3 is 2.29 bits per heavy atom. The zero-order chi connectivity index (χ0) is 9.80. The standard InChI is InChI=1S/C12H11OS/c13-12(10-14-8-4-5-9-14)11-6-2-1-3-7-11/h1-9H,10H2/q+1. The molecule has 0 saturated heterocycles. The Balaban J connectivity index is 2.11. The van der Waals surface area contributed by atoms with Gasteiger partial charge >= 0.3 is 0 Å². The molecule has 0 unspecified atom stereocenters. The fraction of sp³-hybridized carbons (Fsp3) is 0.0833. The molecule has 0 radical (unpaired) electrons. The molecule has 0 bridgehead atoms. The molecule has 1 nitrogen and oxygen atoms in total. The molecule has 0 spiro atoms. The summed E-state index contributed by atoms with van der Waals surface area (Å²) in [6.07, 6.45) is 0.